The third-order valence-electron chi connectivity index (χ3n) is 3.30. The summed E-state index contributed by atoms with van der Waals surface area (Å²) in [6, 6.07) is 11.4. The topological polar surface area (TPSA) is 58.2 Å². The van der Waals surface area contributed by atoms with E-state index in [1.54, 1.807) is 24.3 Å². The molecule has 0 bridgehead atoms. The molecule has 2 N–H and O–H groups in total. The summed E-state index contributed by atoms with van der Waals surface area (Å²) < 4.78 is 12.8. The van der Waals surface area contributed by atoms with Crippen molar-refractivity contribution in [3.05, 3.63) is 70.5 Å². The molecule has 23 heavy (non-hydrogen) atoms. The van der Waals surface area contributed by atoms with Crippen molar-refractivity contribution < 1.29 is 14.0 Å². The molecule has 4 nitrogen and oxygen atoms in total. The maximum atomic E-state index is 12.8. The molecular weight excluding hydrogens is 295 g/mol. The van der Waals surface area contributed by atoms with E-state index in [1.165, 1.54) is 12.1 Å². The smallest absolute Gasteiger partial charge is 0.251 e. The van der Waals surface area contributed by atoms with Crippen LogP contribution < -0.4 is 10.6 Å². The molecule has 0 atom stereocenters. The van der Waals surface area contributed by atoms with E-state index in [0.717, 1.165) is 16.7 Å². The van der Waals surface area contributed by atoms with Gasteiger partial charge in [-0.2, -0.15) is 0 Å². The number of hydrogen-bond acceptors (Lipinski definition) is 2. The standard InChI is InChI=1S/C18H19FN2O2/c1-12-7-13(2)9-15(8-12)18(23)21-11-17(22)20-10-14-3-5-16(19)6-4-14/h3-9H,10-11H2,1-2H3,(H,20,22)(H,21,23). The Labute approximate surface area is 134 Å². The number of aryl methyl sites for hydroxylation is 2. The molecule has 2 aromatic carbocycles. The Balaban J connectivity index is 1.81. The monoisotopic (exact) mass is 314 g/mol. The molecule has 0 aliphatic rings. The molecule has 2 aromatic rings. The first kappa shape index (κ1) is 16.7. The Kier molecular flexibility index (Phi) is 5.46. The molecule has 2 amide bonds. The van der Waals surface area contributed by atoms with E-state index in [1.807, 2.05) is 19.9 Å². The van der Waals surface area contributed by atoms with Crippen molar-refractivity contribution >= 4 is 11.8 Å². The van der Waals surface area contributed by atoms with Crippen LogP contribution in [0.1, 0.15) is 27.0 Å². The third kappa shape index (κ3) is 5.21. The lowest BCUT2D eigenvalue weighted by molar-refractivity contribution is -0.120. The van der Waals surface area contributed by atoms with Crippen molar-refractivity contribution in [2.24, 2.45) is 0 Å². The number of hydrogen-bond donors (Lipinski definition) is 2. The van der Waals surface area contributed by atoms with Gasteiger partial charge in [-0.3, -0.25) is 9.59 Å². The van der Waals surface area contributed by atoms with Gasteiger partial charge in [0.2, 0.25) is 5.91 Å². The van der Waals surface area contributed by atoms with Crippen LogP contribution >= 0.6 is 0 Å². The first-order valence-corrected chi connectivity index (χ1v) is 7.31. The molecular formula is C18H19FN2O2. The van der Waals surface area contributed by atoms with Crippen molar-refractivity contribution in [1.29, 1.82) is 0 Å². The number of benzene rings is 2. The van der Waals surface area contributed by atoms with E-state index < -0.39 is 0 Å². The number of carbonyl (C=O) groups excluding carboxylic acids is 2. The molecule has 0 heterocycles. The third-order valence-corrected chi connectivity index (χ3v) is 3.30. The molecule has 5 heteroatoms. The van der Waals surface area contributed by atoms with E-state index in [-0.39, 0.29) is 24.2 Å². The highest BCUT2D eigenvalue weighted by Crippen LogP contribution is 2.08. The molecule has 0 aromatic heterocycles. The van der Waals surface area contributed by atoms with Gasteiger partial charge in [0.05, 0.1) is 6.54 Å². The molecule has 0 saturated heterocycles. The van der Waals surface area contributed by atoms with Crippen molar-refractivity contribution in [1.82, 2.24) is 10.6 Å². The SMILES string of the molecule is Cc1cc(C)cc(C(=O)NCC(=O)NCc2ccc(F)cc2)c1. The Morgan fingerprint density at radius 1 is 0.957 bits per heavy atom. The zero-order valence-electron chi connectivity index (χ0n) is 13.2. The highest BCUT2D eigenvalue weighted by molar-refractivity contribution is 5.96. The van der Waals surface area contributed by atoms with Gasteiger partial charge in [-0.1, -0.05) is 29.3 Å². The van der Waals surface area contributed by atoms with E-state index in [0.29, 0.717) is 12.1 Å². The van der Waals surface area contributed by atoms with Crippen LogP contribution in [0.4, 0.5) is 4.39 Å². The second-order valence-electron chi connectivity index (χ2n) is 5.46. The average Bonchev–Trinajstić information content (AvgIpc) is 2.51. The first-order chi connectivity index (χ1) is 10.9. The van der Waals surface area contributed by atoms with Gasteiger partial charge in [-0.25, -0.2) is 4.39 Å². The second-order valence-corrected chi connectivity index (χ2v) is 5.46. The normalized spacial score (nSPS) is 10.2. The highest BCUT2D eigenvalue weighted by Gasteiger charge is 2.09. The zero-order valence-corrected chi connectivity index (χ0v) is 13.2. The van der Waals surface area contributed by atoms with Crippen LogP contribution in [0.15, 0.2) is 42.5 Å². The summed E-state index contributed by atoms with van der Waals surface area (Å²) in [7, 11) is 0. The molecule has 2 rings (SSSR count). The second kappa shape index (κ2) is 7.54. The van der Waals surface area contributed by atoms with Crippen LogP contribution in [0.25, 0.3) is 0 Å². The Morgan fingerprint density at radius 3 is 2.17 bits per heavy atom. The lowest BCUT2D eigenvalue weighted by Crippen LogP contribution is -2.36. The Bertz CT molecular complexity index is 691. The van der Waals surface area contributed by atoms with Crippen molar-refractivity contribution in [2.45, 2.75) is 20.4 Å². The summed E-state index contributed by atoms with van der Waals surface area (Å²) in [6.07, 6.45) is 0. The maximum absolute atomic E-state index is 12.8. The quantitative estimate of drug-likeness (QED) is 0.891. The molecule has 120 valence electrons. The van der Waals surface area contributed by atoms with Crippen LogP contribution in [-0.2, 0) is 11.3 Å². The Hall–Kier alpha value is -2.69. The minimum Gasteiger partial charge on any atom is -0.350 e. The zero-order chi connectivity index (χ0) is 16.8. The van der Waals surface area contributed by atoms with E-state index >= 15 is 0 Å². The summed E-state index contributed by atoms with van der Waals surface area (Å²) in [5.41, 5.74) is 3.32. The van der Waals surface area contributed by atoms with Crippen LogP contribution in [0.2, 0.25) is 0 Å². The van der Waals surface area contributed by atoms with Gasteiger partial charge < -0.3 is 10.6 Å². The van der Waals surface area contributed by atoms with Crippen LogP contribution in [-0.4, -0.2) is 18.4 Å². The molecule has 0 saturated carbocycles. The Morgan fingerprint density at radius 2 is 1.57 bits per heavy atom. The predicted molar refractivity (Wildman–Crippen MR) is 86.5 cm³/mol. The van der Waals surface area contributed by atoms with Crippen LogP contribution in [0.3, 0.4) is 0 Å². The minimum absolute atomic E-state index is 0.104. The van der Waals surface area contributed by atoms with Crippen LogP contribution in [0.5, 0.6) is 0 Å². The predicted octanol–water partition coefficient (Wildman–Crippen LogP) is 2.49. The summed E-state index contributed by atoms with van der Waals surface area (Å²) >= 11 is 0. The fraction of sp³-hybridized carbons (Fsp3) is 0.222. The van der Waals surface area contributed by atoms with E-state index in [4.69, 9.17) is 0 Å². The molecule has 0 radical (unpaired) electrons. The van der Waals surface area contributed by atoms with Gasteiger partial charge in [0.1, 0.15) is 5.82 Å². The number of nitrogens with one attached hydrogen (secondary N) is 2. The highest BCUT2D eigenvalue weighted by atomic mass is 19.1. The van der Waals surface area contributed by atoms with Crippen molar-refractivity contribution in [2.75, 3.05) is 6.54 Å². The maximum Gasteiger partial charge on any atom is 0.251 e. The van der Waals surface area contributed by atoms with Gasteiger partial charge in [0.15, 0.2) is 0 Å². The van der Waals surface area contributed by atoms with Crippen molar-refractivity contribution in [3.8, 4) is 0 Å². The fourth-order valence-corrected chi connectivity index (χ4v) is 2.23. The number of amides is 2. The molecule has 0 aliphatic carbocycles. The van der Waals surface area contributed by atoms with Gasteiger partial charge >= 0.3 is 0 Å². The van der Waals surface area contributed by atoms with Gasteiger partial charge in [0, 0.05) is 12.1 Å². The molecule has 0 unspecified atom stereocenters. The minimum atomic E-state index is -0.319. The largest absolute Gasteiger partial charge is 0.350 e. The summed E-state index contributed by atoms with van der Waals surface area (Å²) in [5.74, 6) is -0.901. The molecule has 0 spiro atoms. The number of carbonyl (C=O) groups is 2. The lowest BCUT2D eigenvalue weighted by atomic mass is 10.1. The van der Waals surface area contributed by atoms with E-state index in [2.05, 4.69) is 10.6 Å². The number of rotatable bonds is 5. The van der Waals surface area contributed by atoms with Gasteiger partial charge in [0.25, 0.3) is 5.91 Å². The fourth-order valence-electron chi connectivity index (χ4n) is 2.23. The van der Waals surface area contributed by atoms with E-state index in [9.17, 15) is 14.0 Å². The summed E-state index contributed by atoms with van der Waals surface area (Å²) in [4.78, 5) is 23.8. The van der Waals surface area contributed by atoms with Crippen molar-refractivity contribution in [3.63, 3.8) is 0 Å². The average molecular weight is 314 g/mol. The lowest BCUT2D eigenvalue weighted by Gasteiger charge is -2.08. The van der Waals surface area contributed by atoms with Gasteiger partial charge in [-0.15, -0.1) is 0 Å². The first-order valence-electron chi connectivity index (χ1n) is 7.31. The summed E-state index contributed by atoms with van der Waals surface area (Å²) in [6.45, 7) is 4.02. The molecule has 0 aliphatic heterocycles. The van der Waals surface area contributed by atoms with Crippen LogP contribution in [0, 0.1) is 19.7 Å². The summed E-state index contributed by atoms with van der Waals surface area (Å²) in [5, 5.41) is 5.26. The van der Waals surface area contributed by atoms with Gasteiger partial charge in [-0.05, 0) is 43.7 Å². The molecule has 0 fully saturated rings. The number of halogens is 1.